The second kappa shape index (κ2) is 11.3. The number of fused-ring (bicyclic) bond motifs is 1. The number of urea groups is 1. The molecule has 2 N–H and O–H groups in total. The number of aromatic nitrogens is 1. The van der Waals surface area contributed by atoms with Crippen LogP contribution in [0.15, 0.2) is 59.5 Å². The van der Waals surface area contributed by atoms with E-state index < -0.39 is 15.8 Å². The Bertz CT molecular complexity index is 1310. The van der Waals surface area contributed by atoms with Gasteiger partial charge in [-0.3, -0.25) is 4.98 Å². The average Bonchev–Trinajstić information content (AvgIpc) is 2.85. The van der Waals surface area contributed by atoms with Crippen LogP contribution in [0, 0.1) is 12.7 Å². The van der Waals surface area contributed by atoms with Crippen molar-refractivity contribution in [1.82, 2.24) is 19.5 Å². The summed E-state index contributed by atoms with van der Waals surface area (Å²) in [6, 6.07) is 14.1. The highest BCUT2D eigenvalue weighted by Gasteiger charge is 2.32. The third-order valence-corrected chi connectivity index (χ3v) is 8.54. The van der Waals surface area contributed by atoms with E-state index in [9.17, 15) is 17.6 Å². The maximum Gasteiger partial charge on any atom is 0.319 e. The maximum absolute atomic E-state index is 13.2. The molecule has 0 spiro atoms. The zero-order valence-electron chi connectivity index (χ0n) is 20.6. The summed E-state index contributed by atoms with van der Waals surface area (Å²) in [7, 11) is -3.68. The molecule has 10 heteroatoms. The number of carbonyl (C=O) groups excluding carboxylic acids is 1. The lowest BCUT2D eigenvalue weighted by molar-refractivity contribution is 0.162. The number of amides is 2. The number of likely N-dealkylation sites (tertiary alicyclic amines) is 1. The number of halogens is 1. The van der Waals surface area contributed by atoms with Gasteiger partial charge in [0.05, 0.1) is 16.1 Å². The van der Waals surface area contributed by atoms with Gasteiger partial charge in [0.15, 0.2) is 0 Å². The van der Waals surface area contributed by atoms with Crippen molar-refractivity contribution in [3.05, 3.63) is 66.1 Å². The van der Waals surface area contributed by atoms with E-state index in [0.717, 1.165) is 35.4 Å². The van der Waals surface area contributed by atoms with Gasteiger partial charge < -0.3 is 15.5 Å². The second-order valence-corrected chi connectivity index (χ2v) is 10.8. The van der Waals surface area contributed by atoms with Gasteiger partial charge in [-0.1, -0.05) is 25.1 Å². The summed E-state index contributed by atoms with van der Waals surface area (Å²) in [5.41, 5.74) is 2.38. The Morgan fingerprint density at radius 3 is 2.53 bits per heavy atom. The fraction of sp³-hybridized carbons (Fsp3) is 0.385. The normalized spacial score (nSPS) is 15.3. The van der Waals surface area contributed by atoms with Crippen molar-refractivity contribution < 1.29 is 17.6 Å². The van der Waals surface area contributed by atoms with Crippen LogP contribution in [-0.2, 0) is 10.0 Å². The Labute approximate surface area is 211 Å². The highest BCUT2D eigenvalue weighted by atomic mass is 32.2. The second-order valence-electron chi connectivity index (χ2n) is 8.94. The predicted molar refractivity (Wildman–Crippen MR) is 139 cm³/mol. The third-order valence-electron chi connectivity index (χ3n) is 6.50. The van der Waals surface area contributed by atoms with Gasteiger partial charge in [-0.25, -0.2) is 17.6 Å². The number of aryl methyl sites for hydroxylation is 1. The predicted octanol–water partition coefficient (Wildman–Crippen LogP) is 3.98. The van der Waals surface area contributed by atoms with E-state index >= 15 is 0 Å². The molecular formula is C26H32FN5O3S. The molecule has 4 rings (SSSR count). The van der Waals surface area contributed by atoms with Crippen molar-refractivity contribution in [3.8, 4) is 0 Å². The first kappa shape index (κ1) is 26.0. The van der Waals surface area contributed by atoms with Gasteiger partial charge in [-0.15, -0.1) is 0 Å². The van der Waals surface area contributed by atoms with Crippen LogP contribution < -0.4 is 10.6 Å². The Morgan fingerprint density at radius 1 is 1.14 bits per heavy atom. The monoisotopic (exact) mass is 513 g/mol. The third kappa shape index (κ3) is 6.00. The number of nitrogens with zero attached hydrogens (tertiary/aromatic N) is 3. The first-order valence-electron chi connectivity index (χ1n) is 12.2. The van der Waals surface area contributed by atoms with Crippen LogP contribution in [0.2, 0.25) is 0 Å². The standard InChI is InChI=1S/C26H32FN5O3S/c1-3-32(36(34,35)22-10-8-20(27)9-11-22)21-12-15-31(16-13-21)17-14-28-26(33)30-25-18-19(2)29-24-7-5-4-6-23(24)25/h4-11,18,21H,3,12-17H2,1-2H3,(H2,28,29,30,33). The number of pyridine rings is 1. The quantitative estimate of drug-likeness (QED) is 0.475. The molecule has 0 saturated carbocycles. The smallest absolute Gasteiger partial charge is 0.319 e. The van der Waals surface area contributed by atoms with Crippen LogP contribution in [0.1, 0.15) is 25.5 Å². The number of anilines is 1. The zero-order chi connectivity index (χ0) is 25.7. The molecule has 36 heavy (non-hydrogen) atoms. The largest absolute Gasteiger partial charge is 0.337 e. The Morgan fingerprint density at radius 2 is 1.83 bits per heavy atom. The van der Waals surface area contributed by atoms with Crippen LogP contribution in [0.4, 0.5) is 14.9 Å². The molecule has 1 aliphatic heterocycles. The van der Waals surface area contributed by atoms with Crippen LogP contribution in [0.5, 0.6) is 0 Å². The van der Waals surface area contributed by atoms with E-state index in [-0.39, 0.29) is 17.0 Å². The number of carbonyl (C=O) groups is 1. The van der Waals surface area contributed by atoms with Crippen molar-refractivity contribution >= 4 is 32.6 Å². The number of para-hydroxylation sites is 1. The SMILES string of the molecule is CCN(C1CCN(CCNC(=O)Nc2cc(C)nc3ccccc23)CC1)S(=O)(=O)c1ccc(F)cc1. The molecule has 2 heterocycles. The summed E-state index contributed by atoms with van der Waals surface area (Å²) < 4.78 is 40.9. The van der Waals surface area contributed by atoms with Crippen molar-refractivity contribution in [3.63, 3.8) is 0 Å². The van der Waals surface area contributed by atoms with E-state index in [4.69, 9.17) is 0 Å². The molecule has 2 amide bonds. The van der Waals surface area contributed by atoms with Crippen LogP contribution in [0.3, 0.4) is 0 Å². The van der Waals surface area contributed by atoms with Gasteiger partial charge in [0.25, 0.3) is 0 Å². The average molecular weight is 514 g/mol. The molecule has 192 valence electrons. The van der Waals surface area contributed by atoms with E-state index in [2.05, 4.69) is 20.5 Å². The maximum atomic E-state index is 13.2. The molecule has 0 atom stereocenters. The van der Waals surface area contributed by atoms with Gasteiger partial charge in [0.2, 0.25) is 10.0 Å². The summed E-state index contributed by atoms with van der Waals surface area (Å²) in [5.74, 6) is -0.461. The van der Waals surface area contributed by atoms with E-state index in [0.29, 0.717) is 32.5 Å². The minimum atomic E-state index is -3.68. The number of piperidine rings is 1. The molecule has 3 aromatic rings. The first-order chi connectivity index (χ1) is 17.3. The lowest BCUT2D eigenvalue weighted by atomic mass is 10.1. The van der Waals surface area contributed by atoms with E-state index in [1.807, 2.05) is 44.2 Å². The Hall–Kier alpha value is -3.08. The lowest BCUT2D eigenvalue weighted by Gasteiger charge is -2.37. The molecule has 0 bridgehead atoms. The van der Waals surface area contributed by atoms with Crippen molar-refractivity contribution in [2.24, 2.45) is 0 Å². The van der Waals surface area contributed by atoms with E-state index in [1.54, 1.807) is 0 Å². The fourth-order valence-corrected chi connectivity index (χ4v) is 6.40. The molecule has 0 radical (unpaired) electrons. The zero-order valence-corrected chi connectivity index (χ0v) is 21.4. The van der Waals surface area contributed by atoms with Crippen LogP contribution in [-0.4, -0.2) is 67.4 Å². The van der Waals surface area contributed by atoms with Gasteiger partial charge in [0, 0.05) is 36.8 Å². The summed E-state index contributed by atoms with van der Waals surface area (Å²) in [4.78, 5) is 19.3. The fourth-order valence-electron chi connectivity index (χ4n) is 4.70. The summed E-state index contributed by atoms with van der Waals surface area (Å²) >= 11 is 0. The summed E-state index contributed by atoms with van der Waals surface area (Å²) in [6.07, 6.45) is 1.39. The molecule has 0 unspecified atom stereocenters. The molecule has 2 aromatic carbocycles. The van der Waals surface area contributed by atoms with Crippen molar-refractivity contribution in [2.45, 2.75) is 37.6 Å². The molecular weight excluding hydrogens is 481 g/mol. The Balaban J connectivity index is 1.26. The van der Waals surface area contributed by atoms with Gasteiger partial charge in [-0.2, -0.15) is 4.31 Å². The topological polar surface area (TPSA) is 94.6 Å². The molecule has 1 aliphatic rings. The summed E-state index contributed by atoms with van der Waals surface area (Å²) in [5, 5.41) is 6.72. The number of nitrogens with one attached hydrogen (secondary N) is 2. The number of hydrogen-bond acceptors (Lipinski definition) is 5. The molecule has 1 fully saturated rings. The van der Waals surface area contributed by atoms with Gasteiger partial charge >= 0.3 is 6.03 Å². The lowest BCUT2D eigenvalue weighted by Crippen LogP contribution is -2.48. The number of hydrogen-bond donors (Lipinski definition) is 2. The molecule has 8 nitrogen and oxygen atoms in total. The van der Waals surface area contributed by atoms with E-state index in [1.165, 1.54) is 28.6 Å². The number of benzene rings is 2. The number of sulfonamides is 1. The van der Waals surface area contributed by atoms with Crippen molar-refractivity contribution in [2.75, 3.05) is 38.0 Å². The van der Waals surface area contributed by atoms with Crippen LogP contribution in [0.25, 0.3) is 10.9 Å². The molecule has 1 saturated heterocycles. The number of rotatable bonds is 8. The molecule has 1 aromatic heterocycles. The van der Waals surface area contributed by atoms with Crippen molar-refractivity contribution in [1.29, 1.82) is 0 Å². The highest BCUT2D eigenvalue weighted by Crippen LogP contribution is 2.25. The summed E-state index contributed by atoms with van der Waals surface area (Å²) in [6.45, 7) is 6.69. The minimum absolute atomic E-state index is 0.110. The van der Waals surface area contributed by atoms with Crippen LogP contribution >= 0.6 is 0 Å². The Kier molecular flexibility index (Phi) is 8.17. The minimum Gasteiger partial charge on any atom is -0.337 e. The first-order valence-corrected chi connectivity index (χ1v) is 13.6. The highest BCUT2D eigenvalue weighted by molar-refractivity contribution is 7.89. The van der Waals surface area contributed by atoms with Gasteiger partial charge in [-0.05, 0) is 69.3 Å². The van der Waals surface area contributed by atoms with Gasteiger partial charge in [0.1, 0.15) is 5.82 Å². The molecule has 0 aliphatic carbocycles.